The van der Waals surface area contributed by atoms with Gasteiger partial charge in [-0.25, -0.2) is 0 Å². The van der Waals surface area contributed by atoms with Crippen LogP contribution in [-0.4, -0.2) is 37.0 Å². The normalized spacial score (nSPS) is 13.1. The second kappa shape index (κ2) is 9.07. The number of nitrogens with one attached hydrogen (secondary N) is 3. The van der Waals surface area contributed by atoms with E-state index in [9.17, 15) is 14.4 Å². The summed E-state index contributed by atoms with van der Waals surface area (Å²) in [5.74, 6) is -0.894. The van der Waals surface area contributed by atoms with Gasteiger partial charge in [-0.05, 0) is 43.9 Å². The predicted molar refractivity (Wildman–Crippen MR) is 94.7 cm³/mol. The van der Waals surface area contributed by atoms with Crippen molar-refractivity contribution in [1.29, 1.82) is 0 Å². The van der Waals surface area contributed by atoms with Crippen LogP contribution in [0.3, 0.4) is 0 Å². The van der Waals surface area contributed by atoms with Gasteiger partial charge in [-0.3, -0.25) is 25.2 Å². The van der Waals surface area contributed by atoms with Crippen molar-refractivity contribution in [2.75, 3.05) is 13.2 Å². The van der Waals surface area contributed by atoms with E-state index in [-0.39, 0.29) is 11.6 Å². The van der Waals surface area contributed by atoms with Gasteiger partial charge in [-0.15, -0.1) is 0 Å². The maximum Gasteiger partial charge on any atom is 0.327 e. The van der Waals surface area contributed by atoms with Gasteiger partial charge in [0.25, 0.3) is 5.91 Å². The van der Waals surface area contributed by atoms with Crippen LogP contribution in [0.15, 0.2) is 18.2 Å². The molecule has 1 aliphatic rings. The van der Waals surface area contributed by atoms with Gasteiger partial charge in [0.2, 0.25) is 0 Å². The summed E-state index contributed by atoms with van der Waals surface area (Å²) in [7, 11) is 0. The SMILES string of the molecule is CCOc1cc(C(=O)NNC(=O)C(=O)NC2CC2)ccc1OCC(C)C. The monoisotopic (exact) mass is 363 g/mol. The molecule has 0 spiro atoms. The van der Waals surface area contributed by atoms with Crippen LogP contribution in [0.2, 0.25) is 0 Å². The van der Waals surface area contributed by atoms with Gasteiger partial charge in [0.05, 0.1) is 13.2 Å². The molecule has 142 valence electrons. The summed E-state index contributed by atoms with van der Waals surface area (Å²) in [6.45, 7) is 6.84. The number of carbonyl (C=O) groups is 3. The third kappa shape index (κ3) is 5.94. The van der Waals surface area contributed by atoms with Crippen molar-refractivity contribution in [2.45, 2.75) is 39.7 Å². The molecular weight excluding hydrogens is 338 g/mol. The van der Waals surface area contributed by atoms with Crippen LogP contribution in [0.25, 0.3) is 0 Å². The van der Waals surface area contributed by atoms with Crippen molar-refractivity contribution in [3.8, 4) is 11.5 Å². The van der Waals surface area contributed by atoms with Gasteiger partial charge < -0.3 is 14.8 Å². The fourth-order valence-corrected chi connectivity index (χ4v) is 2.01. The summed E-state index contributed by atoms with van der Waals surface area (Å²) in [6, 6.07) is 4.80. The molecule has 1 aromatic carbocycles. The summed E-state index contributed by atoms with van der Waals surface area (Å²) in [6.07, 6.45) is 1.74. The van der Waals surface area contributed by atoms with E-state index in [4.69, 9.17) is 9.47 Å². The van der Waals surface area contributed by atoms with E-state index in [2.05, 4.69) is 16.2 Å². The number of hydrogen-bond donors (Lipinski definition) is 3. The minimum Gasteiger partial charge on any atom is -0.490 e. The molecule has 1 fully saturated rings. The average Bonchev–Trinajstić information content (AvgIpc) is 3.42. The molecule has 1 aliphatic carbocycles. The van der Waals surface area contributed by atoms with Crippen molar-refractivity contribution in [3.63, 3.8) is 0 Å². The van der Waals surface area contributed by atoms with Crippen molar-refractivity contribution in [1.82, 2.24) is 16.2 Å². The molecule has 3 amide bonds. The molecule has 3 N–H and O–H groups in total. The molecule has 2 rings (SSSR count). The Hall–Kier alpha value is -2.77. The van der Waals surface area contributed by atoms with Gasteiger partial charge in [-0.1, -0.05) is 13.8 Å². The van der Waals surface area contributed by atoms with Gasteiger partial charge in [0.1, 0.15) is 0 Å². The minimum absolute atomic E-state index is 0.0658. The molecular formula is C18H25N3O5. The highest BCUT2D eigenvalue weighted by Gasteiger charge is 2.26. The fourth-order valence-electron chi connectivity index (χ4n) is 2.01. The van der Waals surface area contributed by atoms with Crippen LogP contribution in [-0.2, 0) is 9.59 Å². The van der Waals surface area contributed by atoms with Crippen LogP contribution in [0.1, 0.15) is 44.0 Å². The van der Waals surface area contributed by atoms with Gasteiger partial charge in [0, 0.05) is 11.6 Å². The van der Waals surface area contributed by atoms with E-state index in [1.165, 1.54) is 6.07 Å². The molecule has 0 unspecified atom stereocenters. The third-order valence-electron chi connectivity index (χ3n) is 3.49. The number of amides is 3. The highest BCUT2D eigenvalue weighted by atomic mass is 16.5. The molecule has 26 heavy (non-hydrogen) atoms. The molecule has 1 saturated carbocycles. The summed E-state index contributed by atoms with van der Waals surface area (Å²) >= 11 is 0. The molecule has 0 saturated heterocycles. The number of carbonyl (C=O) groups excluding carboxylic acids is 3. The first kappa shape index (κ1) is 19.6. The molecule has 0 aromatic heterocycles. The summed E-state index contributed by atoms with van der Waals surface area (Å²) < 4.78 is 11.2. The Labute approximate surface area is 152 Å². The molecule has 1 aromatic rings. The molecule has 8 nitrogen and oxygen atoms in total. The van der Waals surface area contributed by atoms with Crippen molar-refractivity contribution >= 4 is 17.7 Å². The number of hydrazine groups is 1. The first-order valence-electron chi connectivity index (χ1n) is 8.71. The smallest absolute Gasteiger partial charge is 0.327 e. The van der Waals surface area contributed by atoms with E-state index in [0.29, 0.717) is 30.6 Å². The molecule has 0 radical (unpaired) electrons. The highest BCUT2D eigenvalue weighted by Crippen LogP contribution is 2.29. The maximum atomic E-state index is 12.2. The van der Waals surface area contributed by atoms with Crippen LogP contribution < -0.4 is 25.6 Å². The topological polar surface area (TPSA) is 106 Å². The zero-order valence-electron chi connectivity index (χ0n) is 15.3. The lowest BCUT2D eigenvalue weighted by molar-refractivity contribution is -0.139. The summed E-state index contributed by atoms with van der Waals surface area (Å²) in [5, 5.41) is 2.53. The average molecular weight is 363 g/mol. The standard InChI is InChI=1S/C18H25N3O5/c1-4-25-15-9-12(5-8-14(15)26-10-11(2)3)16(22)20-21-18(24)17(23)19-13-6-7-13/h5,8-9,11,13H,4,6-7,10H2,1-3H3,(H,19,23)(H,20,22)(H,21,24). The molecule has 0 atom stereocenters. The first-order valence-corrected chi connectivity index (χ1v) is 8.71. The number of hydrogen-bond acceptors (Lipinski definition) is 5. The molecule has 0 heterocycles. The van der Waals surface area contributed by atoms with Gasteiger partial charge in [0.15, 0.2) is 11.5 Å². The molecule has 0 aliphatic heterocycles. The zero-order valence-corrected chi connectivity index (χ0v) is 15.3. The largest absolute Gasteiger partial charge is 0.490 e. The van der Waals surface area contributed by atoms with Gasteiger partial charge in [-0.2, -0.15) is 0 Å². The predicted octanol–water partition coefficient (Wildman–Crippen LogP) is 1.16. The van der Waals surface area contributed by atoms with Crippen molar-refractivity contribution < 1.29 is 23.9 Å². The fraction of sp³-hybridized carbons (Fsp3) is 0.500. The number of benzene rings is 1. The Balaban J connectivity index is 1.95. The Kier molecular flexibility index (Phi) is 6.82. The van der Waals surface area contributed by atoms with Crippen molar-refractivity contribution in [3.05, 3.63) is 23.8 Å². The zero-order chi connectivity index (χ0) is 19.1. The van der Waals surface area contributed by atoms with E-state index < -0.39 is 17.7 Å². The highest BCUT2D eigenvalue weighted by molar-refractivity contribution is 6.35. The number of ether oxygens (including phenoxy) is 2. The van der Waals surface area contributed by atoms with E-state index >= 15 is 0 Å². The Morgan fingerprint density at radius 3 is 2.42 bits per heavy atom. The van der Waals surface area contributed by atoms with E-state index in [1.54, 1.807) is 12.1 Å². The van der Waals surface area contributed by atoms with Crippen LogP contribution in [0, 0.1) is 5.92 Å². The van der Waals surface area contributed by atoms with Crippen LogP contribution >= 0.6 is 0 Å². The molecule has 0 bridgehead atoms. The Morgan fingerprint density at radius 1 is 1.08 bits per heavy atom. The van der Waals surface area contributed by atoms with E-state index in [0.717, 1.165) is 12.8 Å². The summed E-state index contributed by atoms with van der Waals surface area (Å²) in [4.78, 5) is 35.4. The second-order valence-corrected chi connectivity index (χ2v) is 6.46. The Bertz CT molecular complexity index is 671. The second-order valence-electron chi connectivity index (χ2n) is 6.46. The quantitative estimate of drug-likeness (QED) is 0.498. The van der Waals surface area contributed by atoms with Gasteiger partial charge >= 0.3 is 11.8 Å². The van der Waals surface area contributed by atoms with Crippen molar-refractivity contribution in [2.24, 2.45) is 5.92 Å². The lowest BCUT2D eigenvalue weighted by atomic mass is 10.2. The Morgan fingerprint density at radius 2 is 1.81 bits per heavy atom. The summed E-state index contributed by atoms with van der Waals surface area (Å²) in [5.41, 5.74) is 4.59. The van der Waals surface area contributed by atoms with Crippen LogP contribution in [0.4, 0.5) is 0 Å². The number of rotatable bonds is 7. The lowest BCUT2D eigenvalue weighted by Gasteiger charge is -2.14. The van der Waals surface area contributed by atoms with Crippen LogP contribution in [0.5, 0.6) is 11.5 Å². The third-order valence-corrected chi connectivity index (χ3v) is 3.49. The first-order chi connectivity index (χ1) is 12.4. The maximum absolute atomic E-state index is 12.2. The lowest BCUT2D eigenvalue weighted by Crippen LogP contribution is -2.48. The minimum atomic E-state index is -0.910. The van der Waals surface area contributed by atoms with E-state index in [1.807, 2.05) is 20.8 Å². The molecule has 8 heteroatoms.